The van der Waals surface area contributed by atoms with Crippen LogP contribution in [0.4, 0.5) is 0 Å². The first kappa shape index (κ1) is 21.1. The summed E-state index contributed by atoms with van der Waals surface area (Å²) in [5, 5.41) is -0.616. The third-order valence-corrected chi connectivity index (χ3v) is 7.62. The second-order valence-electron chi connectivity index (χ2n) is 7.09. The number of carbonyl (C=O) groups is 2. The first-order valence-electron chi connectivity index (χ1n) is 9.53. The normalized spacial score (nSPS) is 26.0. The number of sulfone groups is 1. The van der Waals surface area contributed by atoms with Gasteiger partial charge in [-0.3, -0.25) is 9.59 Å². The van der Waals surface area contributed by atoms with Gasteiger partial charge in [-0.25, -0.2) is 8.42 Å². The smallest absolute Gasteiger partial charge is 0.312 e. The molecule has 1 atom stereocenters. The Balaban J connectivity index is 2.04. The predicted molar refractivity (Wildman–Crippen MR) is 101 cm³/mol. The lowest BCUT2D eigenvalue weighted by molar-refractivity contribution is -0.152. The Morgan fingerprint density at radius 1 is 0.808 bits per heavy atom. The SMILES string of the molecule is CCN1CCN(CC)CCN(C(=O)C(=O)N2CCS(=O)(=O)C(C)C2)CC1. The highest BCUT2D eigenvalue weighted by Gasteiger charge is 2.35. The second-order valence-corrected chi connectivity index (χ2v) is 9.63. The van der Waals surface area contributed by atoms with E-state index in [1.165, 1.54) is 4.90 Å². The third-order valence-electron chi connectivity index (χ3n) is 5.49. The summed E-state index contributed by atoms with van der Waals surface area (Å²) in [5.74, 6) is -1.15. The van der Waals surface area contributed by atoms with Gasteiger partial charge >= 0.3 is 11.8 Å². The van der Waals surface area contributed by atoms with Gasteiger partial charge in [-0.1, -0.05) is 13.8 Å². The molecule has 2 amide bonds. The first-order chi connectivity index (χ1) is 12.3. The van der Waals surface area contributed by atoms with E-state index in [1.807, 2.05) is 0 Å². The zero-order valence-corrected chi connectivity index (χ0v) is 17.0. The van der Waals surface area contributed by atoms with E-state index in [0.717, 1.165) is 39.3 Å². The molecular weight excluding hydrogens is 356 g/mol. The average molecular weight is 389 g/mol. The molecule has 8 nitrogen and oxygen atoms in total. The second kappa shape index (κ2) is 9.14. The van der Waals surface area contributed by atoms with Crippen LogP contribution in [0.15, 0.2) is 0 Å². The van der Waals surface area contributed by atoms with E-state index < -0.39 is 26.9 Å². The van der Waals surface area contributed by atoms with Crippen molar-refractivity contribution in [2.45, 2.75) is 26.0 Å². The van der Waals surface area contributed by atoms with E-state index >= 15 is 0 Å². The van der Waals surface area contributed by atoms with Gasteiger partial charge in [0.1, 0.15) is 0 Å². The molecule has 9 heteroatoms. The number of carbonyl (C=O) groups excluding carboxylic acids is 2. The van der Waals surface area contributed by atoms with E-state index in [0.29, 0.717) is 13.1 Å². The topological polar surface area (TPSA) is 81.2 Å². The number of nitrogens with zero attached hydrogens (tertiary/aromatic N) is 4. The molecule has 2 rings (SSSR count). The molecule has 0 aromatic rings. The van der Waals surface area contributed by atoms with Gasteiger partial charge < -0.3 is 19.6 Å². The predicted octanol–water partition coefficient (Wildman–Crippen LogP) is -0.882. The molecule has 1 unspecified atom stereocenters. The Morgan fingerprint density at radius 2 is 1.27 bits per heavy atom. The van der Waals surface area contributed by atoms with Gasteiger partial charge in [-0.05, 0) is 20.0 Å². The summed E-state index contributed by atoms with van der Waals surface area (Å²) in [4.78, 5) is 33.0. The quantitative estimate of drug-likeness (QED) is 0.572. The Kier molecular flexibility index (Phi) is 7.42. The number of hydrogen-bond donors (Lipinski definition) is 0. The van der Waals surface area contributed by atoms with Crippen LogP contribution in [0, 0.1) is 0 Å². The fourth-order valence-corrected chi connectivity index (χ4v) is 4.67. The molecule has 2 fully saturated rings. The largest absolute Gasteiger partial charge is 0.332 e. The molecule has 0 radical (unpaired) electrons. The third kappa shape index (κ3) is 5.17. The van der Waals surface area contributed by atoms with Crippen molar-refractivity contribution >= 4 is 21.7 Å². The van der Waals surface area contributed by atoms with Crippen LogP contribution in [0.5, 0.6) is 0 Å². The van der Waals surface area contributed by atoms with Gasteiger partial charge in [0.15, 0.2) is 9.84 Å². The van der Waals surface area contributed by atoms with Crippen molar-refractivity contribution in [3.63, 3.8) is 0 Å². The van der Waals surface area contributed by atoms with Crippen molar-refractivity contribution in [1.29, 1.82) is 0 Å². The maximum absolute atomic E-state index is 12.8. The van der Waals surface area contributed by atoms with Gasteiger partial charge in [-0.15, -0.1) is 0 Å². The summed E-state index contributed by atoms with van der Waals surface area (Å²) < 4.78 is 23.7. The van der Waals surface area contributed by atoms with Crippen LogP contribution < -0.4 is 0 Å². The minimum Gasteiger partial charge on any atom is -0.332 e. The molecule has 2 heterocycles. The van der Waals surface area contributed by atoms with Crippen molar-refractivity contribution in [2.75, 3.05) is 71.2 Å². The number of hydrogen-bond acceptors (Lipinski definition) is 6. The number of likely N-dealkylation sites (N-methyl/N-ethyl adjacent to an activating group) is 2. The van der Waals surface area contributed by atoms with E-state index in [1.54, 1.807) is 11.8 Å². The molecule has 2 saturated heterocycles. The van der Waals surface area contributed by atoms with Crippen LogP contribution in [-0.2, 0) is 19.4 Å². The summed E-state index contributed by atoms with van der Waals surface area (Å²) in [6.45, 7) is 12.3. The van der Waals surface area contributed by atoms with E-state index in [4.69, 9.17) is 0 Å². The summed E-state index contributed by atoms with van der Waals surface area (Å²) in [5.41, 5.74) is 0. The molecule has 26 heavy (non-hydrogen) atoms. The number of amides is 2. The lowest BCUT2D eigenvalue weighted by Crippen LogP contribution is -2.54. The monoisotopic (exact) mass is 388 g/mol. The van der Waals surface area contributed by atoms with E-state index in [9.17, 15) is 18.0 Å². The highest BCUT2D eigenvalue weighted by Crippen LogP contribution is 2.13. The minimum absolute atomic E-state index is 0.0690. The highest BCUT2D eigenvalue weighted by molar-refractivity contribution is 7.92. The van der Waals surface area contributed by atoms with Crippen molar-refractivity contribution < 1.29 is 18.0 Å². The molecule has 0 bridgehead atoms. The van der Waals surface area contributed by atoms with Crippen LogP contribution in [0.1, 0.15) is 20.8 Å². The molecule has 0 N–H and O–H groups in total. The van der Waals surface area contributed by atoms with Gasteiger partial charge in [0.05, 0.1) is 11.0 Å². The van der Waals surface area contributed by atoms with E-state index in [-0.39, 0.29) is 18.8 Å². The van der Waals surface area contributed by atoms with Gasteiger partial charge in [0, 0.05) is 52.4 Å². The van der Waals surface area contributed by atoms with Crippen molar-refractivity contribution in [3.8, 4) is 0 Å². The molecule has 0 aromatic heterocycles. The minimum atomic E-state index is -3.15. The molecular formula is C17H32N4O4S. The van der Waals surface area contributed by atoms with Crippen LogP contribution in [-0.4, -0.2) is 116 Å². The Labute approximate surface area is 157 Å². The average Bonchev–Trinajstić information content (AvgIpc) is 2.72. The van der Waals surface area contributed by atoms with Gasteiger partial charge in [0.25, 0.3) is 0 Å². The van der Waals surface area contributed by atoms with Crippen molar-refractivity contribution in [3.05, 3.63) is 0 Å². The molecule has 2 aliphatic rings. The molecule has 0 aliphatic carbocycles. The lowest BCUT2D eigenvalue weighted by Gasteiger charge is -2.32. The molecule has 0 spiro atoms. The Hall–Kier alpha value is -1.19. The maximum Gasteiger partial charge on any atom is 0.312 e. The fraction of sp³-hybridized carbons (Fsp3) is 0.882. The first-order valence-corrected chi connectivity index (χ1v) is 11.2. The molecule has 0 aromatic carbocycles. The van der Waals surface area contributed by atoms with E-state index in [2.05, 4.69) is 23.6 Å². The summed E-state index contributed by atoms with van der Waals surface area (Å²) >= 11 is 0. The zero-order chi connectivity index (χ0) is 19.3. The zero-order valence-electron chi connectivity index (χ0n) is 16.2. The van der Waals surface area contributed by atoms with Crippen LogP contribution >= 0.6 is 0 Å². The Morgan fingerprint density at radius 3 is 1.73 bits per heavy atom. The highest BCUT2D eigenvalue weighted by atomic mass is 32.2. The summed E-state index contributed by atoms with van der Waals surface area (Å²) in [6.07, 6.45) is 0. The summed E-state index contributed by atoms with van der Waals surface area (Å²) in [7, 11) is -3.15. The standard InChI is InChI=1S/C17H32N4O4S/c1-4-18-6-7-19(5-2)9-11-20(10-8-18)16(22)17(23)21-12-13-26(24,25)15(3)14-21/h15H,4-14H2,1-3H3. The van der Waals surface area contributed by atoms with Crippen LogP contribution in [0.2, 0.25) is 0 Å². The molecule has 150 valence electrons. The fourth-order valence-electron chi connectivity index (χ4n) is 3.39. The van der Waals surface area contributed by atoms with Crippen molar-refractivity contribution in [1.82, 2.24) is 19.6 Å². The van der Waals surface area contributed by atoms with Gasteiger partial charge in [0.2, 0.25) is 0 Å². The van der Waals surface area contributed by atoms with Crippen molar-refractivity contribution in [2.24, 2.45) is 0 Å². The maximum atomic E-state index is 12.8. The Bertz CT molecular complexity index is 594. The van der Waals surface area contributed by atoms with Gasteiger partial charge in [-0.2, -0.15) is 0 Å². The molecule has 0 saturated carbocycles. The number of rotatable bonds is 2. The summed E-state index contributed by atoms with van der Waals surface area (Å²) in [6, 6.07) is 0. The van der Waals surface area contributed by atoms with Crippen LogP contribution in [0.25, 0.3) is 0 Å². The lowest BCUT2D eigenvalue weighted by atomic mass is 10.3. The van der Waals surface area contributed by atoms with Crippen LogP contribution in [0.3, 0.4) is 0 Å². The molecule has 2 aliphatic heterocycles.